The van der Waals surface area contributed by atoms with E-state index < -0.39 is 0 Å². The van der Waals surface area contributed by atoms with Crippen molar-refractivity contribution in [1.29, 1.82) is 0 Å². The van der Waals surface area contributed by atoms with Crippen LogP contribution in [0.2, 0.25) is 0 Å². The lowest BCUT2D eigenvalue weighted by molar-refractivity contribution is 0.666. The third-order valence-corrected chi connectivity index (χ3v) is 18.2. The number of rotatable bonds is 3. The van der Waals surface area contributed by atoms with Crippen molar-refractivity contribution >= 4 is 107 Å². The molecule has 0 N–H and O–H groups in total. The smallest absolute Gasteiger partial charge is 0.138 e. The van der Waals surface area contributed by atoms with Crippen LogP contribution in [0.5, 0.6) is 0 Å². The number of para-hydroxylation sites is 3. The summed E-state index contributed by atoms with van der Waals surface area (Å²) in [6, 6.07) is 106. The lowest BCUT2D eigenvalue weighted by Gasteiger charge is -2.08. The van der Waals surface area contributed by atoms with Crippen LogP contribution in [-0.4, -0.2) is 0 Å². The van der Waals surface area contributed by atoms with Crippen molar-refractivity contribution in [2.24, 2.45) is 0 Å². The van der Waals surface area contributed by atoms with Gasteiger partial charge in [0.1, 0.15) is 22.3 Å². The van der Waals surface area contributed by atoms with Gasteiger partial charge in [-0.25, -0.2) is 0 Å². The summed E-state index contributed by atoms with van der Waals surface area (Å²) >= 11 is 3.76. The molecule has 0 radical (unpaired) electrons. The van der Waals surface area contributed by atoms with Crippen molar-refractivity contribution in [2.45, 2.75) is 41.5 Å². The molecule has 88 heavy (non-hydrogen) atoms. The molecule has 0 aliphatic rings. The zero-order chi connectivity index (χ0) is 60.3. The fraction of sp³-hybridized carbons (Fsp3) is 0.0714. The van der Waals surface area contributed by atoms with Gasteiger partial charge in [0, 0.05) is 61.9 Å². The Bertz CT molecular complexity index is 4880. The first-order chi connectivity index (χ1) is 43.1. The standard InChI is InChI=1S/C19H16.2C13H10O.2C13H10S.C13H12/c1-15-12-18(16-8-4-2-5-9-16)14-19(13-15)17-10-6-3-7-11-17;1-9-5-4-7-11-10-6-2-3-8-12(10)14-13(9)11;1-9-6-7-11-10-4-2-3-5-12(10)14-13(11)8-9;1-9-5-4-7-11-10-6-2-3-8-12(10)14-13(9)11;1-9-6-7-11-10-4-2-3-5-12(10)14-13(11)8-9;1-11-7-5-6-10-13(11)12-8-3-2-4-9-12/h2-14H,1H3;4*2-8H,1H3;2-10H,1H3. The highest BCUT2D eigenvalue weighted by molar-refractivity contribution is 7.26. The van der Waals surface area contributed by atoms with Crippen LogP contribution in [0.25, 0.3) is 118 Å². The zero-order valence-electron chi connectivity index (χ0n) is 50.5. The van der Waals surface area contributed by atoms with Gasteiger partial charge in [0.05, 0.1) is 0 Å². The van der Waals surface area contributed by atoms with Crippen molar-refractivity contribution in [3.8, 4) is 33.4 Å². The molecule has 0 saturated heterocycles. The van der Waals surface area contributed by atoms with Gasteiger partial charge in [-0.15, -0.1) is 22.7 Å². The van der Waals surface area contributed by atoms with Crippen molar-refractivity contribution in [1.82, 2.24) is 0 Å². The van der Waals surface area contributed by atoms with Crippen LogP contribution in [-0.2, 0) is 0 Å². The van der Waals surface area contributed by atoms with Crippen LogP contribution in [0.15, 0.2) is 312 Å². The number of furan rings is 2. The molecule has 428 valence electrons. The fourth-order valence-corrected chi connectivity index (χ4v) is 13.7. The molecule has 0 fully saturated rings. The van der Waals surface area contributed by atoms with E-state index in [-0.39, 0.29) is 0 Å². The fourth-order valence-electron chi connectivity index (χ4n) is 11.3. The van der Waals surface area contributed by atoms with E-state index in [1.807, 2.05) is 65.1 Å². The Morgan fingerprint density at radius 1 is 0.227 bits per heavy atom. The number of benzene rings is 13. The molecule has 17 rings (SSSR count). The van der Waals surface area contributed by atoms with Gasteiger partial charge in [-0.05, 0) is 151 Å². The summed E-state index contributed by atoms with van der Waals surface area (Å²) in [5, 5.41) is 10.4. The third kappa shape index (κ3) is 13.3. The molecule has 4 heterocycles. The van der Waals surface area contributed by atoms with Crippen LogP contribution < -0.4 is 0 Å². The maximum absolute atomic E-state index is 5.78. The summed E-state index contributed by atoms with van der Waals surface area (Å²) < 4.78 is 17.1. The van der Waals surface area contributed by atoms with Gasteiger partial charge in [-0.2, -0.15) is 0 Å². The predicted octanol–water partition coefficient (Wildman–Crippen LogP) is 25.5. The number of aryl methyl sites for hydroxylation is 6. The molecule has 0 aliphatic carbocycles. The van der Waals surface area contributed by atoms with E-state index in [4.69, 9.17) is 8.83 Å². The van der Waals surface area contributed by atoms with Gasteiger partial charge in [0.2, 0.25) is 0 Å². The summed E-state index contributed by atoms with van der Waals surface area (Å²) in [5.41, 5.74) is 19.4. The minimum atomic E-state index is 0.966. The van der Waals surface area contributed by atoms with Crippen molar-refractivity contribution in [3.63, 3.8) is 0 Å². The van der Waals surface area contributed by atoms with Crippen LogP contribution in [0.1, 0.15) is 33.4 Å². The Labute approximate surface area is 523 Å². The lowest BCUT2D eigenvalue weighted by Crippen LogP contribution is -1.84. The molecule has 4 aromatic heterocycles. The Morgan fingerprint density at radius 3 is 1.30 bits per heavy atom. The Morgan fingerprint density at radius 2 is 0.659 bits per heavy atom. The molecule has 0 saturated carbocycles. The Balaban J connectivity index is 0.000000103. The summed E-state index contributed by atoms with van der Waals surface area (Å²) in [6.45, 7) is 12.8. The van der Waals surface area contributed by atoms with Gasteiger partial charge >= 0.3 is 0 Å². The van der Waals surface area contributed by atoms with E-state index in [1.54, 1.807) is 0 Å². The van der Waals surface area contributed by atoms with E-state index in [0.29, 0.717) is 0 Å². The molecule has 0 bridgehead atoms. The summed E-state index contributed by atoms with van der Waals surface area (Å²) in [6.07, 6.45) is 0. The maximum Gasteiger partial charge on any atom is 0.138 e. The number of hydrogen-bond donors (Lipinski definition) is 0. The van der Waals surface area contributed by atoms with Gasteiger partial charge in [0.15, 0.2) is 0 Å². The average Bonchev–Trinajstić information content (AvgIpc) is 3.15. The first kappa shape index (κ1) is 58.3. The van der Waals surface area contributed by atoms with Crippen LogP contribution in [0, 0.1) is 41.5 Å². The highest BCUT2D eigenvalue weighted by Crippen LogP contribution is 2.37. The quantitative estimate of drug-likeness (QED) is 0.176. The van der Waals surface area contributed by atoms with E-state index in [0.717, 1.165) is 22.3 Å². The summed E-state index contributed by atoms with van der Waals surface area (Å²) in [7, 11) is 0. The minimum Gasteiger partial charge on any atom is -0.456 e. The van der Waals surface area contributed by atoms with E-state index in [2.05, 4.69) is 302 Å². The first-order valence-electron chi connectivity index (χ1n) is 29.9. The monoisotopic (exact) mass is 1170 g/mol. The number of hydrogen-bond acceptors (Lipinski definition) is 4. The molecule has 0 spiro atoms. The highest BCUT2D eigenvalue weighted by atomic mass is 32.1. The van der Waals surface area contributed by atoms with Crippen molar-refractivity contribution in [3.05, 3.63) is 337 Å². The second-order valence-corrected chi connectivity index (χ2v) is 24.4. The summed E-state index contributed by atoms with van der Waals surface area (Å²) in [4.78, 5) is 0. The zero-order valence-corrected chi connectivity index (χ0v) is 52.1. The second kappa shape index (κ2) is 27.1. The molecule has 0 unspecified atom stereocenters. The lowest BCUT2D eigenvalue weighted by atomic mass is 9.97. The topological polar surface area (TPSA) is 26.3 Å². The maximum atomic E-state index is 5.78. The molecule has 4 heteroatoms. The van der Waals surface area contributed by atoms with Crippen LogP contribution in [0.4, 0.5) is 0 Å². The van der Waals surface area contributed by atoms with E-state index in [9.17, 15) is 0 Å². The van der Waals surface area contributed by atoms with E-state index in [1.165, 1.54) is 129 Å². The predicted molar refractivity (Wildman–Crippen MR) is 384 cm³/mol. The largest absolute Gasteiger partial charge is 0.456 e. The third-order valence-electron chi connectivity index (χ3n) is 15.8. The second-order valence-electron chi connectivity index (χ2n) is 22.3. The first-order valence-corrected chi connectivity index (χ1v) is 31.6. The molecule has 0 amide bonds. The molecular weight excluding hydrogens is 1110 g/mol. The van der Waals surface area contributed by atoms with E-state index >= 15 is 0 Å². The highest BCUT2D eigenvalue weighted by Gasteiger charge is 2.10. The molecule has 13 aromatic carbocycles. The SMILES string of the molecule is Cc1cc(-c2ccccc2)cc(-c2ccccc2)c1.Cc1ccc2c(c1)oc1ccccc12.Cc1ccc2c(c1)sc1ccccc12.Cc1cccc2c1oc1ccccc12.Cc1cccc2c1sc1ccccc12.Cc1ccccc1-c1ccccc1. The molecule has 0 aliphatic heterocycles. The van der Waals surface area contributed by atoms with Gasteiger partial charge in [-0.1, -0.05) is 261 Å². The molecule has 2 nitrogen and oxygen atoms in total. The Kier molecular flexibility index (Phi) is 17.9. The van der Waals surface area contributed by atoms with Crippen molar-refractivity contribution < 1.29 is 8.83 Å². The summed E-state index contributed by atoms with van der Waals surface area (Å²) in [5.74, 6) is 0. The average molecular weight is 1170 g/mol. The van der Waals surface area contributed by atoms with Gasteiger partial charge in [0.25, 0.3) is 0 Å². The number of fused-ring (bicyclic) bond motifs is 12. The molecule has 0 atom stereocenters. The van der Waals surface area contributed by atoms with Gasteiger partial charge in [-0.3, -0.25) is 0 Å². The molecular formula is C84H68O2S2. The van der Waals surface area contributed by atoms with Gasteiger partial charge < -0.3 is 8.83 Å². The van der Waals surface area contributed by atoms with Crippen molar-refractivity contribution in [2.75, 3.05) is 0 Å². The van der Waals surface area contributed by atoms with Crippen LogP contribution in [0.3, 0.4) is 0 Å². The number of thiophene rings is 2. The molecule has 17 aromatic rings. The Hall–Kier alpha value is -10.1. The normalized spacial score (nSPS) is 10.8. The van der Waals surface area contributed by atoms with Crippen LogP contribution >= 0.6 is 22.7 Å². The minimum absolute atomic E-state index is 0.966.